The molecular weight excluding hydrogens is 236 g/mol. The summed E-state index contributed by atoms with van der Waals surface area (Å²) < 4.78 is 2.04. The van der Waals surface area contributed by atoms with Crippen LogP contribution in [0.25, 0.3) is 0 Å². The molecule has 2 aromatic rings. The van der Waals surface area contributed by atoms with Crippen LogP contribution in [0.5, 0.6) is 0 Å². The maximum Gasteiger partial charge on any atom is 0.137 e. The first-order valence-corrected chi connectivity index (χ1v) is 6.95. The summed E-state index contributed by atoms with van der Waals surface area (Å²) in [5.74, 6) is 0.787. The lowest BCUT2D eigenvalue weighted by atomic mass is 10.0. The van der Waals surface area contributed by atoms with Crippen LogP contribution in [0, 0.1) is 6.92 Å². The third kappa shape index (κ3) is 3.67. The van der Waals surface area contributed by atoms with E-state index < -0.39 is 6.10 Å². The van der Waals surface area contributed by atoms with E-state index in [1.165, 1.54) is 11.1 Å². The van der Waals surface area contributed by atoms with Crippen molar-refractivity contribution in [1.29, 1.82) is 0 Å². The maximum absolute atomic E-state index is 10.3. The first-order valence-electron chi connectivity index (χ1n) is 6.95. The lowest BCUT2D eigenvalue weighted by Gasteiger charge is -2.13. The third-order valence-corrected chi connectivity index (χ3v) is 3.30. The Morgan fingerprint density at radius 2 is 2.21 bits per heavy atom. The number of imidazole rings is 1. The molecule has 0 fully saturated rings. The molecule has 3 nitrogen and oxygen atoms in total. The van der Waals surface area contributed by atoms with Gasteiger partial charge in [-0.1, -0.05) is 36.8 Å². The van der Waals surface area contributed by atoms with Crippen LogP contribution in [0.15, 0.2) is 36.7 Å². The summed E-state index contributed by atoms with van der Waals surface area (Å²) >= 11 is 0. The van der Waals surface area contributed by atoms with Crippen molar-refractivity contribution in [3.8, 4) is 0 Å². The summed E-state index contributed by atoms with van der Waals surface area (Å²) in [7, 11) is 0. The lowest BCUT2D eigenvalue weighted by Crippen LogP contribution is -2.09. The van der Waals surface area contributed by atoms with Crippen LogP contribution in [0.1, 0.15) is 42.8 Å². The Bertz CT molecular complexity index is 519. The molecule has 19 heavy (non-hydrogen) atoms. The van der Waals surface area contributed by atoms with Crippen LogP contribution >= 0.6 is 0 Å². The smallest absolute Gasteiger partial charge is 0.137 e. The van der Waals surface area contributed by atoms with Crippen molar-refractivity contribution in [1.82, 2.24) is 9.55 Å². The summed E-state index contributed by atoms with van der Waals surface area (Å²) in [5.41, 5.74) is 2.53. The second-order valence-electron chi connectivity index (χ2n) is 5.02. The molecule has 1 aromatic carbocycles. The molecule has 1 heterocycles. The van der Waals surface area contributed by atoms with Gasteiger partial charge in [0.2, 0.25) is 0 Å². The van der Waals surface area contributed by atoms with E-state index in [4.69, 9.17) is 0 Å². The highest BCUT2D eigenvalue weighted by molar-refractivity contribution is 5.22. The van der Waals surface area contributed by atoms with Gasteiger partial charge >= 0.3 is 0 Å². The topological polar surface area (TPSA) is 38.0 Å². The van der Waals surface area contributed by atoms with Crippen molar-refractivity contribution in [2.24, 2.45) is 0 Å². The zero-order chi connectivity index (χ0) is 13.7. The monoisotopic (exact) mass is 258 g/mol. The van der Waals surface area contributed by atoms with Gasteiger partial charge in [0.25, 0.3) is 0 Å². The van der Waals surface area contributed by atoms with E-state index in [9.17, 15) is 5.11 Å². The first kappa shape index (κ1) is 13.8. The molecule has 0 radical (unpaired) electrons. The quantitative estimate of drug-likeness (QED) is 0.863. The average Bonchev–Trinajstić information content (AvgIpc) is 2.85. The average molecular weight is 258 g/mol. The second kappa shape index (κ2) is 6.53. The molecule has 1 atom stereocenters. The fourth-order valence-corrected chi connectivity index (χ4v) is 2.35. The number of aliphatic hydroxyl groups is 1. The number of benzene rings is 1. The van der Waals surface area contributed by atoms with Gasteiger partial charge in [0.15, 0.2) is 0 Å². The van der Waals surface area contributed by atoms with E-state index in [1.54, 1.807) is 6.20 Å². The van der Waals surface area contributed by atoms with Crippen molar-refractivity contribution in [2.45, 2.75) is 45.8 Å². The molecule has 102 valence electrons. The zero-order valence-electron chi connectivity index (χ0n) is 11.7. The second-order valence-corrected chi connectivity index (χ2v) is 5.02. The van der Waals surface area contributed by atoms with Crippen LogP contribution in [0.3, 0.4) is 0 Å². The summed E-state index contributed by atoms with van der Waals surface area (Å²) in [6.45, 7) is 5.13. The molecule has 0 bridgehead atoms. The Morgan fingerprint density at radius 3 is 2.95 bits per heavy atom. The fourth-order valence-electron chi connectivity index (χ4n) is 2.35. The van der Waals surface area contributed by atoms with Gasteiger partial charge in [-0.3, -0.25) is 0 Å². The predicted molar refractivity (Wildman–Crippen MR) is 77.0 cm³/mol. The van der Waals surface area contributed by atoms with Crippen molar-refractivity contribution in [3.05, 3.63) is 53.6 Å². The minimum atomic E-state index is -0.484. The maximum atomic E-state index is 10.3. The molecule has 1 unspecified atom stereocenters. The Morgan fingerprint density at radius 1 is 1.37 bits per heavy atom. The van der Waals surface area contributed by atoms with Gasteiger partial charge in [-0.15, -0.1) is 0 Å². The summed E-state index contributed by atoms with van der Waals surface area (Å²) in [5, 5.41) is 10.3. The fraction of sp³-hybridized carbons (Fsp3) is 0.438. The van der Waals surface area contributed by atoms with E-state index in [0.29, 0.717) is 6.42 Å². The van der Waals surface area contributed by atoms with Gasteiger partial charge in [-0.05, 0) is 31.7 Å². The molecule has 3 heteroatoms. The summed E-state index contributed by atoms with van der Waals surface area (Å²) in [6, 6.07) is 8.44. The van der Waals surface area contributed by atoms with Gasteiger partial charge < -0.3 is 9.67 Å². The number of aliphatic hydroxyl groups excluding tert-OH is 1. The molecular formula is C16H22N2O. The van der Waals surface area contributed by atoms with Crippen LogP contribution in [0.4, 0.5) is 0 Å². The first-order chi connectivity index (χ1) is 9.20. The minimum Gasteiger partial charge on any atom is -0.385 e. The van der Waals surface area contributed by atoms with Crippen LogP contribution in [-0.4, -0.2) is 14.7 Å². The minimum absolute atomic E-state index is 0.484. The van der Waals surface area contributed by atoms with E-state index in [1.807, 2.05) is 10.8 Å². The van der Waals surface area contributed by atoms with Crippen molar-refractivity contribution >= 4 is 0 Å². The molecule has 2 rings (SSSR count). The molecule has 0 aliphatic carbocycles. The van der Waals surface area contributed by atoms with Gasteiger partial charge in [0.1, 0.15) is 11.9 Å². The number of rotatable bonds is 6. The molecule has 1 N–H and O–H groups in total. The third-order valence-electron chi connectivity index (χ3n) is 3.30. The number of aryl methyl sites for hydroxylation is 3. The number of hydrogen-bond acceptors (Lipinski definition) is 2. The van der Waals surface area contributed by atoms with E-state index >= 15 is 0 Å². The number of hydrogen-bond donors (Lipinski definition) is 1. The van der Waals surface area contributed by atoms with Gasteiger partial charge in [0, 0.05) is 18.9 Å². The summed E-state index contributed by atoms with van der Waals surface area (Å²) in [6.07, 6.45) is 5.86. The zero-order valence-corrected chi connectivity index (χ0v) is 11.7. The van der Waals surface area contributed by atoms with Crippen molar-refractivity contribution in [2.75, 3.05) is 0 Å². The molecule has 0 saturated heterocycles. The molecule has 0 amide bonds. The van der Waals surface area contributed by atoms with Crippen LogP contribution in [0.2, 0.25) is 0 Å². The van der Waals surface area contributed by atoms with Crippen molar-refractivity contribution < 1.29 is 5.11 Å². The lowest BCUT2D eigenvalue weighted by molar-refractivity contribution is 0.153. The summed E-state index contributed by atoms with van der Waals surface area (Å²) in [4.78, 5) is 4.28. The predicted octanol–water partition coefficient (Wildman–Crippen LogP) is 3.27. The highest BCUT2D eigenvalue weighted by atomic mass is 16.3. The molecule has 0 aliphatic rings. The molecule has 0 saturated carbocycles. The van der Waals surface area contributed by atoms with Gasteiger partial charge in [-0.2, -0.15) is 0 Å². The SMILES string of the molecule is CCCn1ccnc1C(O)CCc1cccc(C)c1. The van der Waals surface area contributed by atoms with E-state index in [2.05, 4.69) is 43.1 Å². The van der Waals surface area contributed by atoms with E-state index in [-0.39, 0.29) is 0 Å². The highest BCUT2D eigenvalue weighted by Gasteiger charge is 2.13. The Labute approximate surface area is 114 Å². The molecule has 1 aromatic heterocycles. The highest BCUT2D eigenvalue weighted by Crippen LogP contribution is 2.18. The Balaban J connectivity index is 1.97. The standard InChI is InChI=1S/C16H22N2O/c1-3-10-18-11-9-17-16(18)15(19)8-7-14-6-4-5-13(2)12-14/h4-6,9,11-12,15,19H,3,7-8,10H2,1-2H3. The normalized spacial score (nSPS) is 12.6. The number of nitrogens with zero attached hydrogens (tertiary/aromatic N) is 2. The van der Waals surface area contributed by atoms with Crippen LogP contribution in [-0.2, 0) is 13.0 Å². The van der Waals surface area contributed by atoms with Gasteiger partial charge in [0.05, 0.1) is 0 Å². The number of aromatic nitrogens is 2. The molecule has 0 aliphatic heterocycles. The molecule has 0 spiro atoms. The van der Waals surface area contributed by atoms with E-state index in [0.717, 1.165) is 25.2 Å². The Kier molecular flexibility index (Phi) is 4.74. The van der Waals surface area contributed by atoms with Crippen molar-refractivity contribution in [3.63, 3.8) is 0 Å². The largest absolute Gasteiger partial charge is 0.385 e. The Hall–Kier alpha value is -1.61. The van der Waals surface area contributed by atoms with Gasteiger partial charge in [-0.25, -0.2) is 4.98 Å². The van der Waals surface area contributed by atoms with Crippen LogP contribution < -0.4 is 0 Å².